The predicted octanol–water partition coefficient (Wildman–Crippen LogP) is 2.67. The molecular formula is C23H25N5O3. The molecule has 3 aromatic rings. The van der Waals surface area contributed by atoms with E-state index in [2.05, 4.69) is 25.6 Å². The average molecular weight is 419 g/mol. The molecule has 2 fully saturated rings. The number of aromatic amines is 1. The molecule has 0 bridgehead atoms. The highest BCUT2D eigenvalue weighted by atomic mass is 16.5. The number of ether oxygens (including phenoxy) is 1. The molecule has 31 heavy (non-hydrogen) atoms. The fourth-order valence-corrected chi connectivity index (χ4v) is 3.74. The molecule has 0 saturated heterocycles. The van der Waals surface area contributed by atoms with Crippen LogP contribution in [-0.2, 0) is 11.3 Å². The Balaban J connectivity index is 1.27. The largest absolute Gasteiger partial charge is 0.497 e. The Morgan fingerprint density at radius 3 is 2.65 bits per heavy atom. The molecular weight excluding hydrogens is 394 g/mol. The lowest BCUT2D eigenvalue weighted by atomic mass is 10.1. The van der Waals surface area contributed by atoms with Crippen LogP contribution in [0.1, 0.15) is 53.2 Å². The van der Waals surface area contributed by atoms with Gasteiger partial charge < -0.3 is 20.4 Å². The summed E-state index contributed by atoms with van der Waals surface area (Å²) < 4.78 is 5.16. The molecule has 0 spiro atoms. The van der Waals surface area contributed by atoms with E-state index < -0.39 is 6.04 Å². The van der Waals surface area contributed by atoms with Crippen LogP contribution in [0.2, 0.25) is 0 Å². The van der Waals surface area contributed by atoms with Crippen LogP contribution in [-0.4, -0.2) is 39.9 Å². The molecule has 1 atom stereocenters. The standard InChI is InChI=1S/C23H25N5O3/c1-31-16-8-2-13(3-9-16)10-26-23(30)19(15-6-7-15)28-22(29)17-11-24-21-20(17)27-18(12-25-21)14-4-5-14/h2-3,8-9,11-12,14-15,19H,4-7,10H2,1H3,(H,24,25)(H,26,30)(H,28,29)/t19-/m1/s1. The third kappa shape index (κ3) is 4.23. The van der Waals surface area contributed by atoms with E-state index in [1.165, 1.54) is 0 Å². The average Bonchev–Trinajstić information content (AvgIpc) is 3.72. The second-order valence-electron chi connectivity index (χ2n) is 8.32. The van der Waals surface area contributed by atoms with Gasteiger partial charge in [-0.05, 0) is 49.3 Å². The van der Waals surface area contributed by atoms with Gasteiger partial charge in [0.15, 0.2) is 5.65 Å². The first-order chi connectivity index (χ1) is 15.1. The molecule has 2 aromatic heterocycles. The van der Waals surface area contributed by atoms with E-state index in [0.29, 0.717) is 29.2 Å². The molecule has 2 saturated carbocycles. The summed E-state index contributed by atoms with van der Waals surface area (Å²) >= 11 is 0. The van der Waals surface area contributed by atoms with Crippen molar-refractivity contribution in [2.24, 2.45) is 5.92 Å². The van der Waals surface area contributed by atoms with Crippen molar-refractivity contribution in [3.8, 4) is 5.75 Å². The maximum absolute atomic E-state index is 13.0. The smallest absolute Gasteiger partial charge is 0.255 e. The minimum atomic E-state index is -0.560. The van der Waals surface area contributed by atoms with Crippen LogP contribution in [0.15, 0.2) is 36.7 Å². The van der Waals surface area contributed by atoms with Crippen molar-refractivity contribution in [1.82, 2.24) is 25.6 Å². The molecule has 3 N–H and O–H groups in total. The summed E-state index contributed by atoms with van der Waals surface area (Å²) in [5.74, 6) is 0.912. The van der Waals surface area contributed by atoms with E-state index in [4.69, 9.17) is 4.74 Å². The summed E-state index contributed by atoms with van der Waals surface area (Å²) in [5, 5.41) is 5.88. The van der Waals surface area contributed by atoms with Crippen LogP contribution < -0.4 is 15.4 Å². The molecule has 8 heteroatoms. The van der Waals surface area contributed by atoms with Crippen LogP contribution in [0, 0.1) is 5.92 Å². The molecule has 8 nitrogen and oxygen atoms in total. The van der Waals surface area contributed by atoms with E-state index in [9.17, 15) is 9.59 Å². The first-order valence-corrected chi connectivity index (χ1v) is 10.7. The van der Waals surface area contributed by atoms with Gasteiger partial charge in [0.25, 0.3) is 5.91 Å². The Morgan fingerprint density at radius 2 is 1.97 bits per heavy atom. The van der Waals surface area contributed by atoms with Crippen LogP contribution in [0.3, 0.4) is 0 Å². The molecule has 0 aliphatic heterocycles. The summed E-state index contributed by atoms with van der Waals surface area (Å²) in [6.45, 7) is 0.394. The lowest BCUT2D eigenvalue weighted by Crippen LogP contribution is -2.47. The minimum absolute atomic E-state index is 0.165. The summed E-state index contributed by atoms with van der Waals surface area (Å²) in [6, 6.07) is 6.97. The number of fused-ring (bicyclic) bond motifs is 1. The molecule has 5 rings (SSSR count). The highest BCUT2D eigenvalue weighted by molar-refractivity contribution is 6.06. The normalized spacial score (nSPS) is 16.7. The van der Waals surface area contributed by atoms with Gasteiger partial charge in [-0.3, -0.25) is 9.59 Å². The van der Waals surface area contributed by atoms with Crippen molar-refractivity contribution in [2.75, 3.05) is 7.11 Å². The number of methoxy groups -OCH3 is 1. The quantitative estimate of drug-likeness (QED) is 0.520. The van der Waals surface area contributed by atoms with Crippen LogP contribution in [0.25, 0.3) is 11.2 Å². The Kier molecular flexibility index (Phi) is 5.05. The van der Waals surface area contributed by atoms with E-state index in [1.54, 1.807) is 19.5 Å². The molecule has 2 heterocycles. The topological polar surface area (TPSA) is 109 Å². The summed E-state index contributed by atoms with van der Waals surface area (Å²) in [5.41, 5.74) is 3.47. The number of H-pyrrole nitrogens is 1. The van der Waals surface area contributed by atoms with Gasteiger partial charge in [0, 0.05) is 18.7 Å². The number of carbonyl (C=O) groups is 2. The molecule has 2 amide bonds. The van der Waals surface area contributed by atoms with Crippen LogP contribution >= 0.6 is 0 Å². The van der Waals surface area contributed by atoms with Gasteiger partial charge >= 0.3 is 0 Å². The van der Waals surface area contributed by atoms with E-state index in [1.807, 2.05) is 24.3 Å². The highest BCUT2D eigenvalue weighted by Gasteiger charge is 2.37. The number of aromatic nitrogens is 3. The summed E-state index contributed by atoms with van der Waals surface area (Å²) in [4.78, 5) is 37.9. The van der Waals surface area contributed by atoms with Crippen molar-refractivity contribution in [3.63, 3.8) is 0 Å². The molecule has 0 radical (unpaired) electrons. The van der Waals surface area contributed by atoms with Crippen molar-refractivity contribution < 1.29 is 14.3 Å². The zero-order chi connectivity index (χ0) is 21.4. The Hall–Kier alpha value is -3.42. The van der Waals surface area contributed by atoms with Gasteiger partial charge in [0.1, 0.15) is 17.3 Å². The number of amides is 2. The van der Waals surface area contributed by atoms with Crippen LogP contribution in [0.5, 0.6) is 5.75 Å². The highest BCUT2D eigenvalue weighted by Crippen LogP contribution is 2.39. The van der Waals surface area contributed by atoms with Gasteiger partial charge in [-0.2, -0.15) is 0 Å². The van der Waals surface area contributed by atoms with Crippen LogP contribution in [0.4, 0.5) is 0 Å². The minimum Gasteiger partial charge on any atom is -0.497 e. The second kappa shape index (κ2) is 8.02. The number of hydrogen-bond acceptors (Lipinski definition) is 5. The SMILES string of the molecule is COc1ccc(CNC(=O)[C@H](NC(=O)c2c[nH]c3ncc(C4CC4)nc23)C2CC2)cc1. The first-order valence-electron chi connectivity index (χ1n) is 10.7. The lowest BCUT2D eigenvalue weighted by Gasteiger charge is -2.18. The fraction of sp³-hybridized carbons (Fsp3) is 0.391. The van der Waals surface area contributed by atoms with Gasteiger partial charge in [-0.25, -0.2) is 9.97 Å². The van der Waals surface area contributed by atoms with Gasteiger partial charge in [-0.1, -0.05) is 12.1 Å². The Labute approximate surface area is 179 Å². The van der Waals surface area contributed by atoms with Crippen molar-refractivity contribution in [3.05, 3.63) is 53.5 Å². The predicted molar refractivity (Wildman–Crippen MR) is 115 cm³/mol. The first kappa shape index (κ1) is 19.5. The number of hydrogen-bond donors (Lipinski definition) is 3. The zero-order valence-corrected chi connectivity index (χ0v) is 17.4. The number of nitrogens with one attached hydrogen (secondary N) is 3. The van der Waals surface area contributed by atoms with E-state index in [0.717, 1.165) is 42.7 Å². The summed E-state index contributed by atoms with van der Waals surface area (Å²) in [7, 11) is 1.62. The van der Waals surface area contributed by atoms with Gasteiger partial charge in [0.05, 0.1) is 24.6 Å². The third-order valence-electron chi connectivity index (χ3n) is 5.93. The van der Waals surface area contributed by atoms with Gasteiger partial charge in [-0.15, -0.1) is 0 Å². The number of rotatable bonds is 8. The second-order valence-corrected chi connectivity index (χ2v) is 8.32. The molecule has 2 aliphatic carbocycles. The zero-order valence-electron chi connectivity index (χ0n) is 17.4. The maximum atomic E-state index is 13.0. The van der Waals surface area contributed by atoms with E-state index in [-0.39, 0.29) is 17.7 Å². The molecule has 160 valence electrons. The Morgan fingerprint density at radius 1 is 1.19 bits per heavy atom. The molecule has 1 aromatic carbocycles. The lowest BCUT2D eigenvalue weighted by molar-refractivity contribution is -0.123. The fourth-order valence-electron chi connectivity index (χ4n) is 3.74. The van der Waals surface area contributed by atoms with E-state index >= 15 is 0 Å². The number of nitrogens with zero attached hydrogens (tertiary/aromatic N) is 2. The van der Waals surface area contributed by atoms with Crippen molar-refractivity contribution >= 4 is 23.0 Å². The number of carbonyl (C=O) groups excluding carboxylic acids is 2. The van der Waals surface area contributed by atoms with Crippen molar-refractivity contribution in [1.29, 1.82) is 0 Å². The summed E-state index contributed by atoms with van der Waals surface area (Å²) in [6.07, 6.45) is 7.49. The maximum Gasteiger partial charge on any atom is 0.255 e. The monoisotopic (exact) mass is 419 g/mol. The molecule has 0 unspecified atom stereocenters. The molecule has 2 aliphatic rings. The Bertz CT molecular complexity index is 1120. The number of benzene rings is 1. The third-order valence-corrected chi connectivity index (χ3v) is 5.93. The van der Waals surface area contributed by atoms with Crippen molar-refractivity contribution in [2.45, 2.75) is 44.2 Å². The van der Waals surface area contributed by atoms with Gasteiger partial charge in [0.2, 0.25) is 5.91 Å².